The molecule has 0 bridgehead atoms. The lowest BCUT2D eigenvalue weighted by Gasteiger charge is -2.06. The molecule has 0 atom stereocenters. The Kier molecular flexibility index (Phi) is 2.76. The lowest BCUT2D eigenvalue weighted by Crippen LogP contribution is -1.92. The highest BCUT2D eigenvalue weighted by atomic mass is 32.2. The largest absolute Gasteiger partial charge is 0.399 e. The van der Waals surface area contributed by atoms with E-state index in [-0.39, 0.29) is 0 Å². The molecule has 0 saturated carbocycles. The van der Waals surface area contributed by atoms with E-state index in [9.17, 15) is 0 Å². The number of nitrogen functional groups attached to an aromatic ring is 1. The molecule has 2 aromatic carbocycles. The molecule has 1 aromatic heterocycles. The van der Waals surface area contributed by atoms with Gasteiger partial charge in [0.1, 0.15) is 0 Å². The Morgan fingerprint density at radius 1 is 1.00 bits per heavy atom. The summed E-state index contributed by atoms with van der Waals surface area (Å²) in [5.41, 5.74) is 8.96. The standard InChI is InChI=1S/C15H14N2S/c1-18-14-6-4-13(5-7-14)17-9-8-11-2-3-12(16)10-15(11)17/h2-10H,16H2,1H3. The molecule has 0 aliphatic heterocycles. The number of hydrogen-bond donors (Lipinski definition) is 1. The molecule has 0 aliphatic carbocycles. The van der Waals surface area contributed by atoms with Crippen molar-refractivity contribution in [2.24, 2.45) is 0 Å². The van der Waals surface area contributed by atoms with Gasteiger partial charge in [0.05, 0.1) is 5.52 Å². The third-order valence-electron chi connectivity index (χ3n) is 3.07. The second-order valence-electron chi connectivity index (χ2n) is 4.20. The van der Waals surface area contributed by atoms with Crippen molar-refractivity contribution in [1.82, 2.24) is 4.57 Å². The molecule has 3 aromatic rings. The fourth-order valence-electron chi connectivity index (χ4n) is 2.11. The zero-order chi connectivity index (χ0) is 12.5. The minimum absolute atomic E-state index is 0.795. The maximum Gasteiger partial charge on any atom is 0.0548 e. The lowest BCUT2D eigenvalue weighted by atomic mass is 10.2. The van der Waals surface area contributed by atoms with E-state index in [2.05, 4.69) is 53.4 Å². The highest BCUT2D eigenvalue weighted by Crippen LogP contribution is 2.24. The summed E-state index contributed by atoms with van der Waals surface area (Å²) in [6.07, 6.45) is 4.17. The van der Waals surface area contributed by atoms with E-state index in [0.29, 0.717) is 0 Å². The van der Waals surface area contributed by atoms with Crippen LogP contribution in [0.4, 0.5) is 5.69 Å². The first kappa shape index (κ1) is 11.2. The Balaban J connectivity index is 2.15. The van der Waals surface area contributed by atoms with Crippen LogP contribution in [0.25, 0.3) is 16.6 Å². The van der Waals surface area contributed by atoms with Crippen LogP contribution in [0.15, 0.2) is 59.6 Å². The molecule has 0 spiro atoms. The first-order chi connectivity index (χ1) is 8.78. The molecule has 0 fully saturated rings. The van der Waals surface area contributed by atoms with Crippen LogP contribution < -0.4 is 5.73 Å². The van der Waals surface area contributed by atoms with Gasteiger partial charge in [-0.25, -0.2) is 0 Å². The maximum atomic E-state index is 5.86. The number of nitrogens with zero attached hydrogens (tertiary/aromatic N) is 1. The van der Waals surface area contributed by atoms with Gasteiger partial charge in [0.25, 0.3) is 0 Å². The summed E-state index contributed by atoms with van der Waals surface area (Å²) in [4.78, 5) is 1.27. The summed E-state index contributed by atoms with van der Waals surface area (Å²) in [5, 5.41) is 1.21. The lowest BCUT2D eigenvalue weighted by molar-refractivity contribution is 1.12. The Bertz CT molecular complexity index is 683. The van der Waals surface area contributed by atoms with E-state index in [4.69, 9.17) is 5.73 Å². The van der Waals surface area contributed by atoms with Crippen molar-refractivity contribution >= 4 is 28.4 Å². The minimum Gasteiger partial charge on any atom is -0.399 e. The molecule has 0 unspecified atom stereocenters. The summed E-state index contributed by atoms with van der Waals surface area (Å²) < 4.78 is 2.16. The van der Waals surface area contributed by atoms with Gasteiger partial charge in [-0.1, -0.05) is 6.07 Å². The second-order valence-corrected chi connectivity index (χ2v) is 5.08. The van der Waals surface area contributed by atoms with Crippen LogP contribution in [0.2, 0.25) is 0 Å². The molecule has 2 nitrogen and oxygen atoms in total. The number of anilines is 1. The van der Waals surface area contributed by atoms with Crippen molar-refractivity contribution in [3.8, 4) is 5.69 Å². The number of benzene rings is 2. The molecular weight excluding hydrogens is 240 g/mol. The molecule has 0 radical (unpaired) electrons. The topological polar surface area (TPSA) is 30.9 Å². The number of hydrogen-bond acceptors (Lipinski definition) is 2. The molecule has 1 heterocycles. The molecule has 90 valence electrons. The van der Waals surface area contributed by atoms with E-state index in [1.54, 1.807) is 11.8 Å². The van der Waals surface area contributed by atoms with Crippen molar-refractivity contribution in [3.63, 3.8) is 0 Å². The Labute approximate surface area is 110 Å². The quantitative estimate of drug-likeness (QED) is 0.555. The number of fused-ring (bicyclic) bond motifs is 1. The minimum atomic E-state index is 0.795. The van der Waals surface area contributed by atoms with Crippen molar-refractivity contribution in [3.05, 3.63) is 54.7 Å². The van der Waals surface area contributed by atoms with Crippen LogP contribution in [0.5, 0.6) is 0 Å². The SMILES string of the molecule is CSc1ccc(-n2ccc3ccc(N)cc32)cc1. The van der Waals surface area contributed by atoms with Crippen LogP contribution in [0.1, 0.15) is 0 Å². The molecule has 3 rings (SSSR count). The van der Waals surface area contributed by atoms with Crippen LogP contribution >= 0.6 is 11.8 Å². The van der Waals surface area contributed by atoms with Crippen LogP contribution in [0, 0.1) is 0 Å². The van der Waals surface area contributed by atoms with Crippen molar-refractivity contribution in [2.75, 3.05) is 12.0 Å². The summed E-state index contributed by atoms with van der Waals surface area (Å²) >= 11 is 1.75. The van der Waals surface area contributed by atoms with Gasteiger partial charge in [0.15, 0.2) is 0 Å². The van der Waals surface area contributed by atoms with Gasteiger partial charge in [-0.15, -0.1) is 11.8 Å². The van der Waals surface area contributed by atoms with Gasteiger partial charge in [0, 0.05) is 27.9 Å². The first-order valence-corrected chi connectivity index (χ1v) is 7.01. The van der Waals surface area contributed by atoms with E-state index in [1.165, 1.54) is 10.3 Å². The first-order valence-electron chi connectivity index (χ1n) is 5.79. The fourth-order valence-corrected chi connectivity index (χ4v) is 2.52. The highest BCUT2D eigenvalue weighted by molar-refractivity contribution is 7.98. The molecule has 18 heavy (non-hydrogen) atoms. The number of rotatable bonds is 2. The summed E-state index contributed by atoms with van der Waals surface area (Å²) in [6, 6.07) is 16.6. The van der Waals surface area contributed by atoms with Gasteiger partial charge in [-0.3, -0.25) is 0 Å². The third kappa shape index (κ3) is 1.87. The molecule has 3 heteroatoms. The zero-order valence-electron chi connectivity index (χ0n) is 10.1. The number of thioether (sulfide) groups is 1. The predicted molar refractivity (Wildman–Crippen MR) is 79.5 cm³/mol. The normalized spacial score (nSPS) is 10.9. The molecule has 0 aliphatic rings. The van der Waals surface area contributed by atoms with E-state index < -0.39 is 0 Å². The Morgan fingerprint density at radius 2 is 1.78 bits per heavy atom. The smallest absolute Gasteiger partial charge is 0.0548 e. The van der Waals surface area contributed by atoms with Crippen LogP contribution in [-0.4, -0.2) is 10.8 Å². The maximum absolute atomic E-state index is 5.86. The average molecular weight is 254 g/mol. The summed E-state index contributed by atoms with van der Waals surface area (Å²) in [7, 11) is 0. The predicted octanol–water partition coefficient (Wildman–Crippen LogP) is 3.93. The van der Waals surface area contributed by atoms with Gasteiger partial charge in [-0.2, -0.15) is 0 Å². The average Bonchev–Trinajstić information content (AvgIpc) is 2.82. The number of nitrogens with two attached hydrogens (primary N) is 1. The molecule has 0 saturated heterocycles. The van der Waals surface area contributed by atoms with Gasteiger partial charge in [0.2, 0.25) is 0 Å². The van der Waals surface area contributed by atoms with Crippen molar-refractivity contribution < 1.29 is 0 Å². The van der Waals surface area contributed by atoms with Gasteiger partial charge in [-0.05, 0) is 48.7 Å². The Morgan fingerprint density at radius 3 is 2.50 bits per heavy atom. The van der Waals surface area contributed by atoms with Crippen LogP contribution in [-0.2, 0) is 0 Å². The van der Waals surface area contributed by atoms with E-state index >= 15 is 0 Å². The van der Waals surface area contributed by atoms with E-state index in [0.717, 1.165) is 16.9 Å². The summed E-state index contributed by atoms with van der Waals surface area (Å²) in [6.45, 7) is 0. The fraction of sp³-hybridized carbons (Fsp3) is 0.0667. The van der Waals surface area contributed by atoms with Gasteiger partial charge >= 0.3 is 0 Å². The van der Waals surface area contributed by atoms with Gasteiger partial charge < -0.3 is 10.3 Å². The second kappa shape index (κ2) is 4.42. The highest BCUT2D eigenvalue weighted by Gasteiger charge is 2.03. The van der Waals surface area contributed by atoms with Crippen LogP contribution in [0.3, 0.4) is 0 Å². The van der Waals surface area contributed by atoms with Crippen molar-refractivity contribution in [1.29, 1.82) is 0 Å². The number of aromatic nitrogens is 1. The molecule has 0 amide bonds. The molecule has 2 N–H and O–H groups in total. The third-order valence-corrected chi connectivity index (χ3v) is 3.81. The Hall–Kier alpha value is -1.87. The molecular formula is C15H14N2S. The summed E-state index contributed by atoms with van der Waals surface area (Å²) in [5.74, 6) is 0. The monoisotopic (exact) mass is 254 g/mol. The zero-order valence-corrected chi connectivity index (χ0v) is 10.9. The van der Waals surface area contributed by atoms with E-state index in [1.807, 2.05) is 12.1 Å². The van der Waals surface area contributed by atoms with Crippen molar-refractivity contribution in [2.45, 2.75) is 4.90 Å².